The SMILES string of the molecule is CC(C)(C(=O)Nc1nccs1)C1c2ccccc2-c2ccccc21. The number of benzene rings is 2. The van der Waals surface area contributed by atoms with E-state index in [1.54, 1.807) is 6.20 Å². The van der Waals surface area contributed by atoms with Crippen LogP contribution in [0.2, 0.25) is 0 Å². The summed E-state index contributed by atoms with van der Waals surface area (Å²) in [5.74, 6) is 0.0267. The first-order valence-electron chi connectivity index (χ1n) is 7.98. The smallest absolute Gasteiger partial charge is 0.232 e. The molecule has 0 bridgehead atoms. The third kappa shape index (κ3) is 2.26. The quantitative estimate of drug-likeness (QED) is 0.738. The van der Waals surface area contributed by atoms with Crippen molar-refractivity contribution in [2.45, 2.75) is 19.8 Å². The second-order valence-electron chi connectivity index (χ2n) is 6.62. The number of carbonyl (C=O) groups excluding carboxylic acids is 1. The van der Waals surface area contributed by atoms with E-state index >= 15 is 0 Å². The molecule has 3 nitrogen and oxygen atoms in total. The van der Waals surface area contributed by atoms with Crippen molar-refractivity contribution < 1.29 is 4.79 Å². The molecule has 1 heterocycles. The first-order chi connectivity index (χ1) is 11.6. The van der Waals surface area contributed by atoms with Crippen LogP contribution >= 0.6 is 11.3 Å². The molecule has 1 aliphatic carbocycles. The molecular weight excluding hydrogens is 316 g/mol. The van der Waals surface area contributed by atoms with Crippen molar-refractivity contribution in [2.24, 2.45) is 5.41 Å². The maximum absolute atomic E-state index is 13.0. The molecule has 0 saturated carbocycles. The third-order valence-electron chi connectivity index (χ3n) is 4.79. The van der Waals surface area contributed by atoms with E-state index in [2.05, 4.69) is 46.7 Å². The van der Waals surface area contributed by atoms with E-state index in [0.29, 0.717) is 5.13 Å². The van der Waals surface area contributed by atoms with Gasteiger partial charge >= 0.3 is 0 Å². The molecule has 3 aromatic rings. The van der Waals surface area contributed by atoms with Crippen molar-refractivity contribution in [2.75, 3.05) is 5.32 Å². The van der Waals surface area contributed by atoms with E-state index in [9.17, 15) is 4.79 Å². The Hall–Kier alpha value is -2.46. The van der Waals surface area contributed by atoms with Gasteiger partial charge in [-0.2, -0.15) is 0 Å². The number of rotatable bonds is 3. The first kappa shape index (κ1) is 15.1. The zero-order valence-electron chi connectivity index (χ0n) is 13.6. The van der Waals surface area contributed by atoms with Gasteiger partial charge in [-0.3, -0.25) is 4.79 Å². The molecule has 24 heavy (non-hydrogen) atoms. The number of nitrogens with one attached hydrogen (secondary N) is 1. The molecule has 4 rings (SSSR count). The Labute approximate surface area is 145 Å². The van der Waals surface area contributed by atoms with Crippen LogP contribution in [0, 0.1) is 5.41 Å². The zero-order valence-corrected chi connectivity index (χ0v) is 14.4. The lowest BCUT2D eigenvalue weighted by molar-refractivity contribution is -0.124. The van der Waals surface area contributed by atoms with Crippen LogP contribution in [0.25, 0.3) is 11.1 Å². The molecule has 0 aliphatic heterocycles. The molecule has 1 amide bonds. The number of anilines is 1. The van der Waals surface area contributed by atoms with Crippen LogP contribution in [0.15, 0.2) is 60.1 Å². The summed E-state index contributed by atoms with van der Waals surface area (Å²) in [5.41, 5.74) is 4.31. The molecule has 0 atom stereocenters. The van der Waals surface area contributed by atoms with Crippen molar-refractivity contribution in [1.29, 1.82) is 0 Å². The first-order valence-corrected chi connectivity index (χ1v) is 8.86. The molecule has 2 aromatic carbocycles. The van der Waals surface area contributed by atoms with Gasteiger partial charge in [0.25, 0.3) is 0 Å². The predicted octanol–water partition coefficient (Wildman–Crippen LogP) is 4.92. The van der Waals surface area contributed by atoms with Crippen molar-refractivity contribution in [3.63, 3.8) is 0 Å². The van der Waals surface area contributed by atoms with Crippen LogP contribution in [0.1, 0.15) is 30.9 Å². The van der Waals surface area contributed by atoms with Crippen LogP contribution in [-0.4, -0.2) is 10.9 Å². The summed E-state index contributed by atoms with van der Waals surface area (Å²) in [5, 5.41) is 5.48. The van der Waals surface area contributed by atoms with Crippen molar-refractivity contribution in [3.8, 4) is 11.1 Å². The Bertz CT molecular complexity index is 854. The molecule has 0 unspecified atom stereocenters. The standard InChI is InChI=1S/C20H18N2OS/c1-20(2,18(23)22-19-21-11-12-24-19)17-15-9-5-3-7-13(15)14-8-4-6-10-16(14)17/h3-12,17H,1-2H3,(H,21,22,23). The number of carbonyl (C=O) groups is 1. The predicted molar refractivity (Wildman–Crippen MR) is 98.2 cm³/mol. The summed E-state index contributed by atoms with van der Waals surface area (Å²) in [6.45, 7) is 4.03. The molecule has 0 fully saturated rings. The van der Waals surface area contributed by atoms with Gasteiger partial charge in [-0.1, -0.05) is 62.4 Å². The lowest BCUT2D eigenvalue weighted by atomic mass is 9.73. The van der Waals surface area contributed by atoms with Gasteiger partial charge < -0.3 is 5.32 Å². The van der Waals surface area contributed by atoms with Gasteiger partial charge in [0.1, 0.15) is 0 Å². The number of thiazole rings is 1. The average molecular weight is 334 g/mol. The lowest BCUT2D eigenvalue weighted by Gasteiger charge is -2.31. The molecule has 1 N–H and O–H groups in total. The molecule has 0 spiro atoms. The van der Waals surface area contributed by atoms with Crippen molar-refractivity contribution >= 4 is 22.4 Å². The highest BCUT2D eigenvalue weighted by atomic mass is 32.1. The van der Waals surface area contributed by atoms with Gasteiger partial charge in [-0.05, 0) is 22.3 Å². The molecule has 1 aliphatic rings. The Kier molecular flexibility index (Phi) is 3.50. The van der Waals surface area contributed by atoms with Gasteiger partial charge in [-0.25, -0.2) is 4.98 Å². The molecule has 0 radical (unpaired) electrons. The van der Waals surface area contributed by atoms with Crippen LogP contribution in [0.3, 0.4) is 0 Å². The topological polar surface area (TPSA) is 42.0 Å². The van der Waals surface area contributed by atoms with E-state index in [-0.39, 0.29) is 11.8 Å². The summed E-state index contributed by atoms with van der Waals surface area (Å²) in [7, 11) is 0. The maximum Gasteiger partial charge on any atom is 0.232 e. The fraction of sp³-hybridized carbons (Fsp3) is 0.200. The minimum absolute atomic E-state index is 0.00560. The van der Waals surface area contributed by atoms with Crippen molar-refractivity contribution in [3.05, 3.63) is 71.2 Å². The number of hydrogen-bond donors (Lipinski definition) is 1. The number of nitrogens with zero attached hydrogens (tertiary/aromatic N) is 1. The summed E-state index contributed by atoms with van der Waals surface area (Å²) >= 11 is 1.44. The highest BCUT2D eigenvalue weighted by Gasteiger charge is 2.43. The van der Waals surface area contributed by atoms with E-state index in [0.717, 1.165) is 0 Å². The highest BCUT2D eigenvalue weighted by molar-refractivity contribution is 7.13. The Balaban J connectivity index is 1.78. The molecule has 120 valence electrons. The molecule has 0 saturated heterocycles. The number of amides is 1. The number of fused-ring (bicyclic) bond motifs is 3. The van der Waals surface area contributed by atoms with Gasteiger partial charge in [-0.15, -0.1) is 11.3 Å². The third-order valence-corrected chi connectivity index (χ3v) is 5.48. The summed E-state index contributed by atoms with van der Waals surface area (Å²) in [4.78, 5) is 17.2. The van der Waals surface area contributed by atoms with Gasteiger partial charge in [0.15, 0.2) is 5.13 Å². The van der Waals surface area contributed by atoms with E-state index in [1.165, 1.54) is 33.6 Å². The molecule has 4 heteroatoms. The Morgan fingerprint density at radius 2 is 1.62 bits per heavy atom. The van der Waals surface area contributed by atoms with E-state index < -0.39 is 5.41 Å². The largest absolute Gasteiger partial charge is 0.301 e. The minimum Gasteiger partial charge on any atom is -0.301 e. The monoisotopic (exact) mass is 334 g/mol. The van der Waals surface area contributed by atoms with Crippen LogP contribution in [-0.2, 0) is 4.79 Å². The van der Waals surface area contributed by atoms with Gasteiger partial charge in [0.2, 0.25) is 5.91 Å². The van der Waals surface area contributed by atoms with Crippen LogP contribution in [0.4, 0.5) is 5.13 Å². The molecular formula is C20H18N2OS. The summed E-state index contributed by atoms with van der Waals surface area (Å²) in [6, 6.07) is 16.8. The zero-order chi connectivity index (χ0) is 16.7. The Morgan fingerprint density at radius 1 is 1.04 bits per heavy atom. The fourth-order valence-electron chi connectivity index (χ4n) is 3.61. The number of hydrogen-bond acceptors (Lipinski definition) is 3. The Morgan fingerprint density at radius 3 is 2.17 bits per heavy atom. The maximum atomic E-state index is 13.0. The van der Waals surface area contributed by atoms with Crippen LogP contribution < -0.4 is 5.32 Å². The normalized spacial score (nSPS) is 13.4. The van der Waals surface area contributed by atoms with Crippen molar-refractivity contribution in [1.82, 2.24) is 4.98 Å². The number of aromatic nitrogens is 1. The minimum atomic E-state index is -0.589. The average Bonchev–Trinajstić information content (AvgIpc) is 3.20. The fourth-order valence-corrected chi connectivity index (χ4v) is 4.13. The van der Waals surface area contributed by atoms with Crippen LogP contribution in [0.5, 0.6) is 0 Å². The second-order valence-corrected chi connectivity index (χ2v) is 7.52. The molecule has 1 aromatic heterocycles. The lowest BCUT2D eigenvalue weighted by Crippen LogP contribution is -2.36. The van der Waals surface area contributed by atoms with Gasteiger partial charge in [0, 0.05) is 17.5 Å². The second kappa shape index (κ2) is 5.56. The highest BCUT2D eigenvalue weighted by Crippen LogP contribution is 2.52. The summed E-state index contributed by atoms with van der Waals surface area (Å²) < 4.78 is 0. The summed E-state index contributed by atoms with van der Waals surface area (Å²) in [6.07, 6.45) is 1.70. The van der Waals surface area contributed by atoms with Gasteiger partial charge in [0.05, 0.1) is 5.41 Å². The van der Waals surface area contributed by atoms with E-state index in [4.69, 9.17) is 0 Å². The van der Waals surface area contributed by atoms with E-state index in [1.807, 2.05) is 31.4 Å².